The highest BCUT2D eigenvalue weighted by atomic mass is 16.6. The van der Waals surface area contributed by atoms with Gasteiger partial charge in [0.15, 0.2) is 11.5 Å². The van der Waals surface area contributed by atoms with Crippen molar-refractivity contribution in [3.05, 3.63) is 23.8 Å². The minimum Gasteiger partial charge on any atom is -0.493 e. The van der Waals surface area contributed by atoms with E-state index >= 15 is 0 Å². The molecule has 7 nitrogen and oxygen atoms in total. The van der Waals surface area contributed by atoms with Gasteiger partial charge >= 0.3 is 5.97 Å². The van der Waals surface area contributed by atoms with Crippen LogP contribution in [0.4, 0.5) is 0 Å². The van der Waals surface area contributed by atoms with E-state index < -0.39 is 5.97 Å². The Morgan fingerprint density at radius 1 is 1.33 bits per heavy atom. The normalized spacial score (nSPS) is 12.9. The first-order chi connectivity index (χ1) is 11.5. The minimum absolute atomic E-state index is 0.0424. The number of carbonyl (C=O) groups excluding carboxylic acids is 1. The monoisotopic (exact) mass is 335 g/mol. The molecule has 0 atom stereocenters. The highest BCUT2D eigenvalue weighted by molar-refractivity contribution is 5.91. The second-order valence-corrected chi connectivity index (χ2v) is 5.34. The molecule has 0 saturated carbocycles. The lowest BCUT2D eigenvalue weighted by atomic mass is 10.1. The molecular formula is C17H21NO6. The molecular weight excluding hydrogens is 314 g/mol. The zero-order chi connectivity index (χ0) is 17.5. The van der Waals surface area contributed by atoms with Crippen molar-refractivity contribution in [2.75, 3.05) is 33.9 Å². The summed E-state index contributed by atoms with van der Waals surface area (Å²) in [5.41, 5.74) is 0.753. The summed E-state index contributed by atoms with van der Waals surface area (Å²) in [5.74, 6) is 0.638. The van der Waals surface area contributed by atoms with Crippen LogP contribution in [0.3, 0.4) is 0 Å². The van der Waals surface area contributed by atoms with Gasteiger partial charge in [-0.2, -0.15) is 0 Å². The van der Waals surface area contributed by atoms with Crippen LogP contribution in [0.2, 0.25) is 0 Å². The highest BCUT2D eigenvalue weighted by Crippen LogP contribution is 2.40. The van der Waals surface area contributed by atoms with Gasteiger partial charge in [0.2, 0.25) is 11.7 Å². The number of amides is 1. The molecule has 1 amide bonds. The number of carboxylic acids is 1. The van der Waals surface area contributed by atoms with Gasteiger partial charge < -0.3 is 24.2 Å². The quantitative estimate of drug-likeness (QED) is 0.765. The molecule has 24 heavy (non-hydrogen) atoms. The van der Waals surface area contributed by atoms with Gasteiger partial charge in [-0.3, -0.25) is 9.59 Å². The van der Waals surface area contributed by atoms with Crippen LogP contribution in [-0.2, 0) is 9.59 Å². The molecule has 0 bridgehead atoms. The van der Waals surface area contributed by atoms with Crippen molar-refractivity contribution < 1.29 is 28.9 Å². The van der Waals surface area contributed by atoms with Crippen LogP contribution >= 0.6 is 0 Å². The van der Waals surface area contributed by atoms with Crippen LogP contribution in [0.1, 0.15) is 18.4 Å². The van der Waals surface area contributed by atoms with Gasteiger partial charge in [-0.05, 0) is 30.2 Å². The second-order valence-electron chi connectivity index (χ2n) is 5.34. The Balaban J connectivity index is 2.03. The Morgan fingerprint density at radius 3 is 2.79 bits per heavy atom. The summed E-state index contributed by atoms with van der Waals surface area (Å²) < 4.78 is 16.4. The Bertz CT molecular complexity index is 623. The van der Waals surface area contributed by atoms with Crippen LogP contribution in [-0.4, -0.2) is 55.8 Å². The molecule has 0 radical (unpaired) electrons. The van der Waals surface area contributed by atoms with Crippen LogP contribution < -0.4 is 14.2 Å². The number of hydrogen-bond acceptors (Lipinski definition) is 5. The van der Waals surface area contributed by atoms with Gasteiger partial charge in [0.25, 0.3) is 0 Å². The standard InChI is InChI=1S/C17H21NO6/c1-18(7-3-4-16(20)21)15(19)6-5-12-10-13(22-2)17-14(11-12)23-8-9-24-17/h5-6,10-11H,3-4,7-9H2,1-2H3,(H,20,21)/b6-5+. The molecule has 0 aliphatic carbocycles. The van der Waals surface area contributed by atoms with Crippen LogP contribution in [0.25, 0.3) is 6.08 Å². The lowest BCUT2D eigenvalue weighted by Gasteiger charge is -2.21. The van der Waals surface area contributed by atoms with Crippen LogP contribution in [0, 0.1) is 0 Å². The molecule has 1 aliphatic rings. The summed E-state index contributed by atoms with van der Waals surface area (Å²) in [6, 6.07) is 3.55. The maximum absolute atomic E-state index is 12.0. The molecule has 0 unspecified atom stereocenters. The van der Waals surface area contributed by atoms with Crippen molar-refractivity contribution in [3.8, 4) is 17.2 Å². The lowest BCUT2D eigenvalue weighted by molar-refractivity contribution is -0.137. The zero-order valence-electron chi connectivity index (χ0n) is 13.8. The number of hydrogen-bond donors (Lipinski definition) is 1. The van der Waals surface area contributed by atoms with E-state index in [2.05, 4.69) is 0 Å². The summed E-state index contributed by atoms with van der Waals surface area (Å²) in [5, 5.41) is 8.61. The maximum Gasteiger partial charge on any atom is 0.303 e. The van der Waals surface area contributed by atoms with Gasteiger partial charge in [0.05, 0.1) is 7.11 Å². The predicted molar refractivity (Wildman–Crippen MR) is 87.5 cm³/mol. The summed E-state index contributed by atoms with van der Waals surface area (Å²) in [7, 11) is 3.18. The van der Waals surface area contributed by atoms with E-state index in [4.69, 9.17) is 19.3 Å². The molecule has 1 aromatic carbocycles. The Hall–Kier alpha value is -2.70. The number of ether oxygens (including phenoxy) is 3. The topological polar surface area (TPSA) is 85.3 Å². The fourth-order valence-corrected chi connectivity index (χ4v) is 2.26. The van der Waals surface area contributed by atoms with E-state index in [0.29, 0.717) is 43.4 Å². The number of rotatable bonds is 7. The molecule has 0 fully saturated rings. The molecule has 0 saturated heterocycles. The Morgan fingerprint density at radius 2 is 2.08 bits per heavy atom. The lowest BCUT2D eigenvalue weighted by Crippen LogP contribution is -2.26. The molecule has 1 heterocycles. The van der Waals surface area contributed by atoms with E-state index in [-0.39, 0.29) is 12.3 Å². The third kappa shape index (κ3) is 4.65. The number of benzene rings is 1. The number of carbonyl (C=O) groups is 2. The smallest absolute Gasteiger partial charge is 0.303 e. The number of aliphatic carboxylic acids is 1. The molecule has 1 aromatic rings. The third-order valence-corrected chi connectivity index (χ3v) is 3.53. The number of carboxylic acid groups (broad SMARTS) is 1. The van der Waals surface area contributed by atoms with Crippen molar-refractivity contribution in [1.29, 1.82) is 0 Å². The van der Waals surface area contributed by atoms with E-state index in [1.54, 1.807) is 32.4 Å². The molecule has 2 rings (SSSR count). The molecule has 130 valence electrons. The summed E-state index contributed by atoms with van der Waals surface area (Å²) in [6.07, 6.45) is 3.56. The van der Waals surface area contributed by atoms with E-state index in [0.717, 1.165) is 5.56 Å². The largest absolute Gasteiger partial charge is 0.493 e. The number of fused-ring (bicyclic) bond motifs is 1. The zero-order valence-corrected chi connectivity index (χ0v) is 13.8. The summed E-state index contributed by atoms with van der Waals surface area (Å²) in [6.45, 7) is 1.33. The average Bonchev–Trinajstić information content (AvgIpc) is 2.58. The maximum atomic E-state index is 12.0. The predicted octanol–water partition coefficient (Wildman–Crippen LogP) is 1.80. The Labute approximate surface area is 140 Å². The molecule has 0 aromatic heterocycles. The van der Waals surface area contributed by atoms with Crippen molar-refractivity contribution in [2.24, 2.45) is 0 Å². The third-order valence-electron chi connectivity index (χ3n) is 3.53. The first-order valence-corrected chi connectivity index (χ1v) is 7.64. The number of methoxy groups -OCH3 is 1. The van der Waals surface area contributed by atoms with Gasteiger partial charge in [-0.1, -0.05) is 0 Å². The first-order valence-electron chi connectivity index (χ1n) is 7.64. The number of nitrogens with zero attached hydrogens (tertiary/aromatic N) is 1. The summed E-state index contributed by atoms with van der Waals surface area (Å²) >= 11 is 0. The molecule has 1 N–H and O–H groups in total. The minimum atomic E-state index is -0.866. The first kappa shape index (κ1) is 17.7. The average molecular weight is 335 g/mol. The fraction of sp³-hybridized carbons (Fsp3) is 0.412. The number of likely N-dealkylation sites (N-methyl/N-ethyl adjacent to an activating group) is 1. The molecule has 7 heteroatoms. The van der Waals surface area contributed by atoms with E-state index in [1.807, 2.05) is 0 Å². The molecule has 1 aliphatic heterocycles. The fourth-order valence-electron chi connectivity index (χ4n) is 2.26. The van der Waals surface area contributed by atoms with Crippen molar-refractivity contribution >= 4 is 18.0 Å². The van der Waals surface area contributed by atoms with Crippen LogP contribution in [0.15, 0.2) is 18.2 Å². The van der Waals surface area contributed by atoms with Gasteiger partial charge in [-0.15, -0.1) is 0 Å². The molecule has 0 spiro atoms. The van der Waals surface area contributed by atoms with Gasteiger partial charge in [0.1, 0.15) is 13.2 Å². The Kier molecular flexibility index (Phi) is 6.06. The highest BCUT2D eigenvalue weighted by Gasteiger charge is 2.17. The van der Waals surface area contributed by atoms with Crippen molar-refractivity contribution in [3.63, 3.8) is 0 Å². The second kappa shape index (κ2) is 8.24. The van der Waals surface area contributed by atoms with Crippen molar-refractivity contribution in [1.82, 2.24) is 4.90 Å². The van der Waals surface area contributed by atoms with Crippen molar-refractivity contribution in [2.45, 2.75) is 12.8 Å². The van der Waals surface area contributed by atoms with Gasteiger partial charge in [0, 0.05) is 26.1 Å². The SMILES string of the molecule is COc1cc(/C=C/C(=O)N(C)CCCC(=O)O)cc2c1OCCO2. The van der Waals surface area contributed by atoms with Crippen LogP contribution in [0.5, 0.6) is 17.2 Å². The van der Waals surface area contributed by atoms with E-state index in [9.17, 15) is 9.59 Å². The summed E-state index contributed by atoms with van der Waals surface area (Å²) in [4.78, 5) is 24.0. The van der Waals surface area contributed by atoms with Gasteiger partial charge in [-0.25, -0.2) is 0 Å². The van der Waals surface area contributed by atoms with E-state index in [1.165, 1.54) is 11.0 Å².